The van der Waals surface area contributed by atoms with Crippen LogP contribution >= 0.6 is 11.6 Å². The number of aromatic nitrogens is 7. The molecule has 8 rings (SSSR count). The molecule has 0 spiro atoms. The summed E-state index contributed by atoms with van der Waals surface area (Å²) in [6.07, 6.45) is 5.30. The van der Waals surface area contributed by atoms with Crippen molar-refractivity contribution in [3.63, 3.8) is 0 Å². The molecule has 2 fully saturated rings. The number of piperidine rings is 1. The predicted molar refractivity (Wildman–Crippen MR) is 183 cm³/mol. The van der Waals surface area contributed by atoms with Crippen molar-refractivity contribution in [2.24, 2.45) is 11.7 Å². The quantitative estimate of drug-likeness (QED) is 0.205. The van der Waals surface area contributed by atoms with E-state index in [9.17, 15) is 18.4 Å². The van der Waals surface area contributed by atoms with Crippen LogP contribution in [0.15, 0.2) is 61.2 Å². The Bertz CT molecular complexity index is 2320. The summed E-state index contributed by atoms with van der Waals surface area (Å²) in [4.78, 5) is 40.5. The van der Waals surface area contributed by atoms with Gasteiger partial charge in [0.2, 0.25) is 0 Å². The number of likely N-dealkylation sites (tertiary alicyclic amines) is 1. The number of nitrogens with zero attached hydrogens (tertiary/aromatic N) is 8. The fourth-order valence-corrected chi connectivity index (χ4v) is 6.93. The van der Waals surface area contributed by atoms with Crippen molar-refractivity contribution in [3.05, 3.63) is 83.2 Å². The number of amides is 2. The lowest BCUT2D eigenvalue weighted by Crippen LogP contribution is -2.49. The maximum absolute atomic E-state index is 14.8. The number of carbonyl (C=O) groups excluding carboxylic acids is 2. The van der Waals surface area contributed by atoms with Crippen LogP contribution in [0.5, 0.6) is 5.75 Å². The molecule has 1 aliphatic carbocycles. The number of hydrogen-bond donors (Lipinski definition) is 1. The lowest BCUT2D eigenvalue weighted by molar-refractivity contribution is 0.0133. The lowest BCUT2D eigenvalue weighted by Gasteiger charge is -2.34. The Morgan fingerprint density at radius 1 is 1.10 bits per heavy atom. The molecule has 1 aromatic carbocycles. The van der Waals surface area contributed by atoms with Crippen molar-refractivity contribution < 1.29 is 27.8 Å². The van der Waals surface area contributed by atoms with Crippen LogP contribution in [0.2, 0.25) is 5.02 Å². The number of carbonyl (C=O) groups is 2. The Kier molecular flexibility index (Phi) is 8.29. The minimum Gasteiger partial charge on any atom is -0.494 e. The van der Waals surface area contributed by atoms with Gasteiger partial charge in [-0.3, -0.25) is 4.79 Å². The molecule has 13 nitrogen and oxygen atoms in total. The van der Waals surface area contributed by atoms with Crippen molar-refractivity contribution in [3.8, 4) is 23.1 Å². The highest BCUT2D eigenvalue weighted by Crippen LogP contribution is 2.38. The molecule has 0 bridgehead atoms. The number of hydrogen-bond acceptors (Lipinski definition) is 8. The highest BCUT2D eigenvalue weighted by atomic mass is 35.5. The van der Waals surface area contributed by atoms with E-state index in [-0.39, 0.29) is 42.5 Å². The van der Waals surface area contributed by atoms with Gasteiger partial charge in [-0.05, 0) is 55.2 Å². The van der Waals surface area contributed by atoms with Crippen LogP contribution in [0.1, 0.15) is 35.2 Å². The molecule has 262 valence electrons. The third-order valence-corrected chi connectivity index (χ3v) is 9.42. The molecule has 2 aliphatic rings. The fourth-order valence-electron chi connectivity index (χ4n) is 6.78. The number of primary amides is 1. The van der Waals surface area contributed by atoms with Crippen LogP contribution in [0, 0.1) is 11.7 Å². The zero-order chi connectivity index (χ0) is 35.4. The highest BCUT2D eigenvalue weighted by molar-refractivity contribution is 6.30. The van der Waals surface area contributed by atoms with E-state index in [1.165, 1.54) is 29.0 Å². The molecule has 6 aromatic rings. The minimum atomic E-state index is -1.40. The number of imidazole rings is 1. The van der Waals surface area contributed by atoms with Crippen LogP contribution in [0.4, 0.5) is 13.6 Å². The molecule has 1 saturated heterocycles. The third-order valence-electron chi connectivity index (χ3n) is 9.21. The highest BCUT2D eigenvalue weighted by Gasteiger charge is 2.34. The average molecular weight is 716 g/mol. The summed E-state index contributed by atoms with van der Waals surface area (Å²) in [5.74, 6) is 0.360. The van der Waals surface area contributed by atoms with E-state index in [1.54, 1.807) is 30.7 Å². The number of alkyl halides is 1. The first-order valence-electron chi connectivity index (χ1n) is 16.4. The Labute approximate surface area is 294 Å². The van der Waals surface area contributed by atoms with Gasteiger partial charge in [-0.15, -0.1) is 0 Å². The normalized spacial score (nSPS) is 17.7. The number of pyridine rings is 2. The second kappa shape index (κ2) is 13.0. The fraction of sp³-hybridized carbons (Fsp3) is 0.314. The van der Waals surface area contributed by atoms with E-state index in [4.69, 9.17) is 36.8 Å². The molecule has 6 heterocycles. The molecule has 1 saturated carbocycles. The van der Waals surface area contributed by atoms with Crippen LogP contribution in [-0.4, -0.2) is 83.2 Å². The number of halogens is 3. The molecule has 16 heteroatoms. The maximum Gasteiger partial charge on any atom is 0.404 e. The Balaban J connectivity index is 1.25. The average Bonchev–Trinajstić information content (AvgIpc) is 3.51. The smallest absolute Gasteiger partial charge is 0.404 e. The van der Waals surface area contributed by atoms with Crippen molar-refractivity contribution in [2.45, 2.75) is 44.6 Å². The van der Waals surface area contributed by atoms with Gasteiger partial charge in [0.05, 0.1) is 49.2 Å². The number of rotatable bonds is 9. The summed E-state index contributed by atoms with van der Waals surface area (Å²) < 4.78 is 45.9. The van der Waals surface area contributed by atoms with Gasteiger partial charge >= 0.3 is 6.09 Å². The number of fused-ring (bicyclic) bond motifs is 2. The second-order valence-electron chi connectivity index (χ2n) is 12.9. The van der Waals surface area contributed by atoms with Gasteiger partial charge in [-0.25, -0.2) is 33.2 Å². The zero-order valence-corrected chi connectivity index (χ0v) is 28.1. The van der Waals surface area contributed by atoms with Crippen molar-refractivity contribution in [2.75, 3.05) is 20.2 Å². The SMILES string of the molecule is COc1cc(C(=O)N2C[C@H](F)C[C@@H](OC(N)=O)C2)cc2nc(-c3cc4cccnc4n3CC3CC3)n(Cc3cnn(-c4ncc(Cl)cc4F)c3)c12. The number of nitrogens with two attached hydrogens (primary N) is 1. The molecule has 51 heavy (non-hydrogen) atoms. The van der Waals surface area contributed by atoms with E-state index in [0.29, 0.717) is 34.1 Å². The minimum absolute atomic E-state index is 0.00516. The molecule has 2 atom stereocenters. The van der Waals surface area contributed by atoms with Crippen LogP contribution in [0.3, 0.4) is 0 Å². The van der Waals surface area contributed by atoms with Gasteiger partial charge in [0.1, 0.15) is 29.2 Å². The van der Waals surface area contributed by atoms with Crippen molar-refractivity contribution in [1.82, 2.24) is 38.8 Å². The molecule has 0 unspecified atom stereocenters. The van der Waals surface area contributed by atoms with Crippen LogP contribution in [0.25, 0.3) is 39.4 Å². The Morgan fingerprint density at radius 3 is 2.71 bits per heavy atom. The Hall–Kier alpha value is -5.57. The van der Waals surface area contributed by atoms with Gasteiger partial charge in [-0.2, -0.15) is 5.10 Å². The van der Waals surface area contributed by atoms with Gasteiger partial charge in [-0.1, -0.05) is 11.6 Å². The van der Waals surface area contributed by atoms with Gasteiger partial charge in [0.25, 0.3) is 5.91 Å². The van der Waals surface area contributed by atoms with Crippen LogP contribution in [-0.2, 0) is 17.8 Å². The predicted octanol–water partition coefficient (Wildman–Crippen LogP) is 5.54. The van der Waals surface area contributed by atoms with Crippen molar-refractivity contribution in [1.29, 1.82) is 0 Å². The maximum atomic E-state index is 14.8. The molecular formula is C35H32ClF2N9O4. The largest absolute Gasteiger partial charge is 0.494 e. The van der Waals surface area contributed by atoms with Gasteiger partial charge < -0.3 is 29.2 Å². The molecule has 5 aromatic heterocycles. The summed E-state index contributed by atoms with van der Waals surface area (Å²) >= 11 is 5.92. The van der Waals surface area contributed by atoms with E-state index in [0.717, 1.165) is 36.1 Å². The summed E-state index contributed by atoms with van der Waals surface area (Å²) in [5, 5.41) is 5.49. The summed E-state index contributed by atoms with van der Waals surface area (Å²) in [5.41, 5.74) is 8.82. The van der Waals surface area contributed by atoms with E-state index >= 15 is 0 Å². The number of benzene rings is 1. The molecular weight excluding hydrogens is 684 g/mol. The second-order valence-corrected chi connectivity index (χ2v) is 13.4. The number of methoxy groups -OCH3 is 1. The van der Waals surface area contributed by atoms with E-state index in [1.807, 2.05) is 22.8 Å². The first-order valence-corrected chi connectivity index (χ1v) is 16.8. The summed E-state index contributed by atoms with van der Waals surface area (Å²) in [6.45, 7) is 0.820. The monoisotopic (exact) mass is 715 g/mol. The summed E-state index contributed by atoms with van der Waals surface area (Å²) in [7, 11) is 1.50. The van der Waals surface area contributed by atoms with Gasteiger partial charge in [0.15, 0.2) is 17.5 Å². The molecule has 2 N–H and O–H groups in total. The van der Waals surface area contributed by atoms with Gasteiger partial charge in [0, 0.05) is 48.1 Å². The van der Waals surface area contributed by atoms with Crippen LogP contribution < -0.4 is 10.5 Å². The number of ether oxygens (including phenoxy) is 2. The lowest BCUT2D eigenvalue weighted by atomic mass is 10.0. The van der Waals surface area contributed by atoms with Crippen molar-refractivity contribution >= 4 is 45.7 Å². The topological polar surface area (TPSA) is 148 Å². The first kappa shape index (κ1) is 32.6. The van der Waals surface area contributed by atoms with E-state index < -0.39 is 30.1 Å². The third kappa shape index (κ3) is 6.33. The Morgan fingerprint density at radius 2 is 1.94 bits per heavy atom. The molecule has 1 aliphatic heterocycles. The summed E-state index contributed by atoms with van der Waals surface area (Å²) in [6, 6.07) is 10.3. The molecule has 2 amide bonds. The standard InChI is InChI=1S/C35H32ClF2N9O4/c1-50-29-9-22(34(48)44-17-24(37)11-25(18-44)51-35(39)49)7-27-30(29)46(15-20-12-42-47(16-20)32-26(38)10-23(36)13-41-32)33(43-27)28-8-21-3-2-6-40-31(21)45(28)14-19-4-5-19/h2-3,6-10,12-13,16,19,24-25H,4-5,11,14-15,17-18H2,1H3,(H2,39,49)/t24-,25-/m1/s1. The first-order chi connectivity index (χ1) is 24.6. The zero-order valence-electron chi connectivity index (χ0n) is 27.4. The van der Waals surface area contributed by atoms with E-state index in [2.05, 4.69) is 14.6 Å². The molecule has 0 radical (unpaired) electrons.